The molecule has 2 aromatic rings. The Morgan fingerprint density at radius 2 is 2.12 bits per heavy atom. The van der Waals surface area contributed by atoms with Gasteiger partial charge in [0, 0.05) is 47.9 Å². The Morgan fingerprint density at radius 1 is 1.38 bits per heavy atom. The summed E-state index contributed by atoms with van der Waals surface area (Å²) in [4.78, 5) is 18.0. The number of carbonyl (C=O) groups is 1. The number of aryl methyl sites for hydroxylation is 1. The number of aromatic amines is 1. The van der Waals surface area contributed by atoms with Crippen LogP contribution in [0.2, 0.25) is 0 Å². The molecule has 26 heavy (non-hydrogen) atoms. The van der Waals surface area contributed by atoms with E-state index >= 15 is 0 Å². The summed E-state index contributed by atoms with van der Waals surface area (Å²) in [5, 5.41) is 7.26. The number of fused-ring (bicyclic) bond motifs is 1. The molecule has 3 rings (SSSR count). The van der Waals surface area contributed by atoms with E-state index in [4.69, 9.17) is 0 Å². The maximum Gasteiger partial charge on any atom is 0.433 e. The van der Waals surface area contributed by atoms with E-state index in [0.29, 0.717) is 30.8 Å². The molecule has 1 atom stereocenters. The number of carbonyl (C=O) groups excluding carboxylic acids is 1. The van der Waals surface area contributed by atoms with Gasteiger partial charge in [-0.2, -0.15) is 18.3 Å². The van der Waals surface area contributed by atoms with Crippen molar-refractivity contribution in [3.05, 3.63) is 34.8 Å². The predicted octanol–water partition coefficient (Wildman–Crippen LogP) is 3.73. The second kappa shape index (κ2) is 6.74. The Hall–Kier alpha value is -2.38. The van der Waals surface area contributed by atoms with Crippen LogP contribution in [-0.2, 0) is 23.9 Å². The minimum Gasteiger partial charge on any atom is -0.338 e. The molecule has 8 heteroatoms. The minimum absolute atomic E-state index is 0.0543. The average Bonchev–Trinajstić information content (AvgIpc) is 3.02. The molecule has 0 radical (unpaired) electrons. The quantitative estimate of drug-likeness (QED) is 0.900. The highest BCUT2D eigenvalue weighted by Gasteiger charge is 2.33. The molecule has 3 heterocycles. The van der Waals surface area contributed by atoms with Crippen molar-refractivity contribution in [3.8, 4) is 11.3 Å². The van der Waals surface area contributed by atoms with Crippen molar-refractivity contribution in [2.45, 2.75) is 46.3 Å². The summed E-state index contributed by atoms with van der Waals surface area (Å²) >= 11 is 0. The molecule has 0 saturated carbocycles. The molecule has 0 bridgehead atoms. The van der Waals surface area contributed by atoms with Crippen molar-refractivity contribution in [2.24, 2.45) is 5.92 Å². The van der Waals surface area contributed by atoms with Crippen molar-refractivity contribution >= 4 is 5.91 Å². The molecule has 0 aliphatic carbocycles. The number of H-pyrrole nitrogens is 1. The molecule has 5 nitrogen and oxygen atoms in total. The molecule has 1 aliphatic heterocycles. The number of hydrogen-bond acceptors (Lipinski definition) is 3. The maximum atomic E-state index is 12.8. The van der Waals surface area contributed by atoms with Gasteiger partial charge >= 0.3 is 6.18 Å². The Labute approximate surface area is 149 Å². The van der Waals surface area contributed by atoms with Gasteiger partial charge in [0.2, 0.25) is 5.91 Å². The summed E-state index contributed by atoms with van der Waals surface area (Å²) in [5.74, 6) is 0.0361. The first-order chi connectivity index (χ1) is 12.2. The molecular formula is C18H21F3N4O. The van der Waals surface area contributed by atoms with Gasteiger partial charge in [0.15, 0.2) is 0 Å². The van der Waals surface area contributed by atoms with Crippen LogP contribution in [0.25, 0.3) is 11.3 Å². The number of nitrogens with zero attached hydrogens (tertiary/aromatic N) is 3. The minimum atomic E-state index is -4.48. The SMILES string of the molecule is CC[C@H](C)C(=O)N1CCc2[nH]nc(-c3ccc(C(F)(F)F)nc3C)c2C1. The lowest BCUT2D eigenvalue weighted by Crippen LogP contribution is -2.38. The van der Waals surface area contributed by atoms with Crippen LogP contribution in [-0.4, -0.2) is 32.5 Å². The zero-order chi connectivity index (χ0) is 19.1. The highest BCUT2D eigenvalue weighted by molar-refractivity contribution is 5.79. The van der Waals surface area contributed by atoms with Crippen molar-refractivity contribution in [1.82, 2.24) is 20.1 Å². The van der Waals surface area contributed by atoms with E-state index in [-0.39, 0.29) is 17.5 Å². The second-order valence-corrected chi connectivity index (χ2v) is 6.68. The van der Waals surface area contributed by atoms with Gasteiger partial charge < -0.3 is 4.90 Å². The summed E-state index contributed by atoms with van der Waals surface area (Å²) in [6, 6.07) is 2.37. The van der Waals surface area contributed by atoms with Crippen LogP contribution in [0.5, 0.6) is 0 Å². The van der Waals surface area contributed by atoms with Gasteiger partial charge in [-0.15, -0.1) is 0 Å². The van der Waals surface area contributed by atoms with Crippen molar-refractivity contribution in [1.29, 1.82) is 0 Å². The van der Waals surface area contributed by atoms with Crippen molar-refractivity contribution in [2.75, 3.05) is 6.54 Å². The molecule has 0 spiro atoms. The third kappa shape index (κ3) is 3.32. The highest BCUT2D eigenvalue weighted by Crippen LogP contribution is 2.33. The summed E-state index contributed by atoms with van der Waals surface area (Å²) in [7, 11) is 0. The van der Waals surface area contributed by atoms with Crippen LogP contribution in [0.1, 0.15) is 42.9 Å². The van der Waals surface area contributed by atoms with Crippen LogP contribution < -0.4 is 0 Å². The molecule has 1 aliphatic rings. The smallest absolute Gasteiger partial charge is 0.338 e. The van der Waals surface area contributed by atoms with E-state index in [9.17, 15) is 18.0 Å². The highest BCUT2D eigenvalue weighted by atomic mass is 19.4. The van der Waals surface area contributed by atoms with Gasteiger partial charge in [0.25, 0.3) is 0 Å². The standard InChI is InChI=1S/C18H21F3N4O/c1-4-10(2)17(26)25-8-7-14-13(9-25)16(24-23-14)12-5-6-15(18(19,20)21)22-11(12)3/h5-6,10H,4,7-9H2,1-3H3,(H,23,24)/t10-/m0/s1. The van der Waals surface area contributed by atoms with E-state index in [1.54, 1.807) is 4.90 Å². The number of alkyl halides is 3. The molecule has 0 fully saturated rings. The summed E-state index contributed by atoms with van der Waals surface area (Å²) in [6.07, 6.45) is -3.06. The molecule has 140 valence electrons. The van der Waals surface area contributed by atoms with E-state index in [0.717, 1.165) is 23.7 Å². The number of rotatable bonds is 3. The fourth-order valence-electron chi connectivity index (χ4n) is 3.16. The molecule has 1 amide bonds. The Balaban J connectivity index is 1.93. The van der Waals surface area contributed by atoms with Crippen LogP contribution in [0.3, 0.4) is 0 Å². The summed E-state index contributed by atoms with van der Waals surface area (Å²) in [6.45, 7) is 6.43. The van der Waals surface area contributed by atoms with Crippen LogP contribution >= 0.6 is 0 Å². The van der Waals surface area contributed by atoms with E-state index in [1.165, 1.54) is 13.0 Å². The monoisotopic (exact) mass is 366 g/mol. The lowest BCUT2D eigenvalue weighted by Gasteiger charge is -2.29. The normalized spacial score (nSPS) is 15.7. The number of aromatic nitrogens is 3. The van der Waals surface area contributed by atoms with E-state index in [2.05, 4.69) is 15.2 Å². The third-order valence-electron chi connectivity index (χ3n) is 4.91. The zero-order valence-corrected chi connectivity index (χ0v) is 14.9. The number of hydrogen-bond donors (Lipinski definition) is 1. The zero-order valence-electron chi connectivity index (χ0n) is 14.9. The van der Waals surface area contributed by atoms with Crippen molar-refractivity contribution in [3.63, 3.8) is 0 Å². The van der Waals surface area contributed by atoms with Gasteiger partial charge in [-0.1, -0.05) is 13.8 Å². The van der Waals surface area contributed by atoms with Crippen molar-refractivity contribution < 1.29 is 18.0 Å². The topological polar surface area (TPSA) is 61.9 Å². The molecule has 2 aromatic heterocycles. The summed E-state index contributed by atoms with van der Waals surface area (Å²) in [5.41, 5.74) is 2.25. The van der Waals surface area contributed by atoms with Gasteiger partial charge in [-0.05, 0) is 25.5 Å². The predicted molar refractivity (Wildman–Crippen MR) is 90.1 cm³/mol. The first-order valence-corrected chi connectivity index (χ1v) is 8.62. The molecular weight excluding hydrogens is 345 g/mol. The van der Waals surface area contributed by atoms with E-state index in [1.807, 2.05) is 13.8 Å². The first-order valence-electron chi connectivity index (χ1n) is 8.62. The number of pyridine rings is 1. The summed E-state index contributed by atoms with van der Waals surface area (Å²) < 4.78 is 38.5. The molecule has 0 aromatic carbocycles. The van der Waals surface area contributed by atoms with E-state index < -0.39 is 11.9 Å². The fraction of sp³-hybridized carbons (Fsp3) is 0.500. The maximum absolute atomic E-state index is 12.8. The van der Waals surface area contributed by atoms with Crippen LogP contribution in [0, 0.1) is 12.8 Å². The van der Waals surface area contributed by atoms with Crippen LogP contribution in [0.15, 0.2) is 12.1 Å². The largest absolute Gasteiger partial charge is 0.433 e. The van der Waals surface area contributed by atoms with Gasteiger partial charge in [-0.3, -0.25) is 9.89 Å². The second-order valence-electron chi connectivity index (χ2n) is 6.68. The lowest BCUT2D eigenvalue weighted by atomic mass is 9.98. The molecule has 0 unspecified atom stereocenters. The molecule has 0 saturated heterocycles. The molecule has 1 N–H and O–H groups in total. The number of amides is 1. The Morgan fingerprint density at radius 3 is 2.73 bits per heavy atom. The third-order valence-corrected chi connectivity index (χ3v) is 4.91. The van der Waals surface area contributed by atoms with Crippen LogP contribution in [0.4, 0.5) is 13.2 Å². The number of halogens is 3. The first kappa shape index (κ1) is 18.4. The average molecular weight is 366 g/mol. The fourth-order valence-corrected chi connectivity index (χ4v) is 3.16. The Kier molecular flexibility index (Phi) is 4.77. The van der Waals surface area contributed by atoms with Gasteiger partial charge in [0.05, 0.1) is 5.69 Å². The number of nitrogens with one attached hydrogen (secondary N) is 1. The Bertz CT molecular complexity index is 828. The van der Waals surface area contributed by atoms with Gasteiger partial charge in [0.1, 0.15) is 5.69 Å². The van der Waals surface area contributed by atoms with Gasteiger partial charge in [-0.25, -0.2) is 4.98 Å². The lowest BCUT2D eigenvalue weighted by molar-refractivity contribution is -0.141.